The van der Waals surface area contributed by atoms with Crippen molar-refractivity contribution in [3.63, 3.8) is 0 Å². The van der Waals surface area contributed by atoms with E-state index in [-0.39, 0.29) is 12.5 Å². The fourth-order valence-electron chi connectivity index (χ4n) is 7.26. The van der Waals surface area contributed by atoms with Crippen molar-refractivity contribution >= 4 is 23.4 Å². The number of rotatable bonds is 10. The van der Waals surface area contributed by atoms with E-state index in [2.05, 4.69) is 16.0 Å². The summed E-state index contributed by atoms with van der Waals surface area (Å²) in [6.07, 6.45) is 8.27. The molecular formula is C29H37N5O4. The summed E-state index contributed by atoms with van der Waals surface area (Å²) in [4.78, 5) is 36.5. The summed E-state index contributed by atoms with van der Waals surface area (Å²) < 4.78 is 0. The van der Waals surface area contributed by atoms with Crippen LogP contribution in [-0.2, 0) is 9.59 Å². The first-order chi connectivity index (χ1) is 18.4. The van der Waals surface area contributed by atoms with Crippen molar-refractivity contribution in [1.29, 1.82) is 0 Å². The maximum atomic E-state index is 12.6. The van der Waals surface area contributed by atoms with Crippen LogP contribution in [0.1, 0.15) is 48.9 Å². The molecular weight excluding hydrogens is 482 g/mol. The smallest absolute Gasteiger partial charge is 0.267 e. The van der Waals surface area contributed by atoms with Crippen LogP contribution in [0.5, 0.6) is 0 Å². The molecule has 38 heavy (non-hydrogen) atoms. The van der Waals surface area contributed by atoms with Gasteiger partial charge < -0.3 is 21.7 Å². The van der Waals surface area contributed by atoms with E-state index in [1.54, 1.807) is 24.3 Å². The highest BCUT2D eigenvalue weighted by atomic mass is 16.5. The standard InChI is InChI=1S/C29H37N5O4/c30-15-25(28(37)34-38)33-27(36)23-3-1-21(2-4-23)22-5-7-24(8-6-22)32-26(35)16-31-17-29-12-18-9-19(13-29)11-20(10-18)14-29/h1-8,18-20,25,31,38H,9-17,30H2,(H,32,35)(H,33,36)(H,34,37)/t18?,19?,20?,25-,29?/m0/s1. The average Bonchev–Trinajstić information content (AvgIpc) is 2.91. The van der Waals surface area contributed by atoms with Gasteiger partial charge in [0.25, 0.3) is 11.8 Å². The zero-order valence-electron chi connectivity index (χ0n) is 21.5. The lowest BCUT2D eigenvalue weighted by Gasteiger charge is -2.57. The number of benzene rings is 2. The number of carbonyl (C=O) groups is 3. The number of hydrogen-bond acceptors (Lipinski definition) is 6. The first kappa shape index (κ1) is 26.3. The summed E-state index contributed by atoms with van der Waals surface area (Å²) in [5, 5.41) is 17.7. The normalized spacial score (nSPS) is 26.0. The van der Waals surface area contributed by atoms with Gasteiger partial charge in [-0.25, -0.2) is 5.48 Å². The number of carbonyl (C=O) groups excluding carboxylic acids is 3. The zero-order chi connectivity index (χ0) is 26.7. The predicted molar refractivity (Wildman–Crippen MR) is 144 cm³/mol. The summed E-state index contributed by atoms with van der Waals surface area (Å²) in [5.41, 5.74) is 10.3. The fourth-order valence-corrected chi connectivity index (χ4v) is 7.26. The summed E-state index contributed by atoms with van der Waals surface area (Å²) in [6, 6.07) is 13.5. The number of nitrogens with one attached hydrogen (secondary N) is 4. The molecule has 9 heteroatoms. The summed E-state index contributed by atoms with van der Waals surface area (Å²) in [7, 11) is 0. The molecule has 7 N–H and O–H groups in total. The van der Waals surface area contributed by atoms with Gasteiger partial charge in [0.2, 0.25) is 5.91 Å². The van der Waals surface area contributed by atoms with Crippen LogP contribution in [0.4, 0.5) is 5.69 Å². The summed E-state index contributed by atoms with van der Waals surface area (Å²) >= 11 is 0. The van der Waals surface area contributed by atoms with Crippen molar-refractivity contribution in [2.75, 3.05) is 25.0 Å². The topological polar surface area (TPSA) is 146 Å². The molecule has 4 aliphatic rings. The van der Waals surface area contributed by atoms with E-state index >= 15 is 0 Å². The zero-order valence-corrected chi connectivity index (χ0v) is 21.5. The first-order valence-electron chi connectivity index (χ1n) is 13.5. The molecule has 0 spiro atoms. The highest BCUT2D eigenvalue weighted by molar-refractivity contribution is 5.98. The number of anilines is 1. The number of hydroxylamine groups is 1. The Bertz CT molecular complexity index is 1130. The third-order valence-corrected chi connectivity index (χ3v) is 8.57. The molecule has 0 aliphatic heterocycles. The largest absolute Gasteiger partial charge is 0.339 e. The minimum Gasteiger partial charge on any atom is -0.339 e. The Kier molecular flexibility index (Phi) is 7.78. The van der Waals surface area contributed by atoms with Gasteiger partial charge in [-0.3, -0.25) is 19.6 Å². The molecule has 202 valence electrons. The molecule has 4 saturated carbocycles. The van der Waals surface area contributed by atoms with Gasteiger partial charge >= 0.3 is 0 Å². The van der Waals surface area contributed by atoms with Crippen LogP contribution in [0.3, 0.4) is 0 Å². The number of amides is 3. The Labute approximate surface area is 222 Å². The minimum absolute atomic E-state index is 0.0384. The molecule has 0 heterocycles. The Morgan fingerprint density at radius 1 is 0.895 bits per heavy atom. The van der Waals surface area contributed by atoms with Crippen molar-refractivity contribution in [3.8, 4) is 11.1 Å². The molecule has 0 unspecified atom stereocenters. The van der Waals surface area contributed by atoms with Crippen LogP contribution >= 0.6 is 0 Å². The van der Waals surface area contributed by atoms with E-state index in [1.165, 1.54) is 44.0 Å². The average molecular weight is 520 g/mol. The van der Waals surface area contributed by atoms with Crippen molar-refractivity contribution < 1.29 is 19.6 Å². The minimum atomic E-state index is -1.03. The Morgan fingerprint density at radius 3 is 1.97 bits per heavy atom. The maximum Gasteiger partial charge on any atom is 0.267 e. The van der Waals surface area contributed by atoms with E-state index in [9.17, 15) is 14.4 Å². The van der Waals surface area contributed by atoms with Crippen LogP contribution in [0.15, 0.2) is 48.5 Å². The van der Waals surface area contributed by atoms with Crippen LogP contribution in [-0.4, -0.2) is 48.6 Å². The van der Waals surface area contributed by atoms with Crippen molar-refractivity contribution in [2.45, 2.75) is 44.6 Å². The maximum absolute atomic E-state index is 12.6. The molecule has 6 rings (SSSR count). The second-order valence-electron chi connectivity index (χ2n) is 11.5. The molecule has 3 amide bonds. The Morgan fingerprint density at radius 2 is 1.45 bits per heavy atom. The van der Waals surface area contributed by atoms with Gasteiger partial charge in [0.15, 0.2) is 0 Å². The van der Waals surface area contributed by atoms with E-state index in [0.717, 1.165) is 41.1 Å². The molecule has 4 fully saturated rings. The molecule has 0 radical (unpaired) electrons. The van der Waals surface area contributed by atoms with Gasteiger partial charge in [-0.1, -0.05) is 24.3 Å². The lowest BCUT2D eigenvalue weighted by Crippen LogP contribution is -2.51. The third-order valence-electron chi connectivity index (χ3n) is 8.57. The van der Waals surface area contributed by atoms with Gasteiger partial charge in [0, 0.05) is 24.3 Å². The molecule has 0 saturated heterocycles. The van der Waals surface area contributed by atoms with E-state index in [4.69, 9.17) is 10.9 Å². The Hall–Kier alpha value is -3.27. The molecule has 2 aromatic rings. The van der Waals surface area contributed by atoms with Crippen molar-refractivity contribution in [1.82, 2.24) is 16.1 Å². The van der Waals surface area contributed by atoms with E-state index in [1.807, 2.05) is 24.3 Å². The Balaban J connectivity index is 1.10. The van der Waals surface area contributed by atoms with Crippen LogP contribution in [0.2, 0.25) is 0 Å². The monoisotopic (exact) mass is 519 g/mol. The second kappa shape index (κ2) is 11.2. The van der Waals surface area contributed by atoms with Crippen molar-refractivity contribution in [3.05, 3.63) is 54.1 Å². The van der Waals surface area contributed by atoms with Gasteiger partial charge in [-0.15, -0.1) is 0 Å². The highest BCUT2D eigenvalue weighted by Gasteiger charge is 2.50. The SMILES string of the molecule is NC[C@H](NC(=O)c1ccc(-c2ccc(NC(=O)CNCC34CC5CC(CC(C5)C3)C4)cc2)cc1)C(=O)NO. The molecule has 2 aromatic carbocycles. The van der Waals surface area contributed by atoms with Gasteiger partial charge in [-0.05, 0) is 97.1 Å². The van der Waals surface area contributed by atoms with Crippen LogP contribution in [0, 0.1) is 23.2 Å². The first-order valence-corrected chi connectivity index (χ1v) is 13.5. The van der Waals surface area contributed by atoms with Crippen LogP contribution < -0.4 is 27.2 Å². The summed E-state index contributed by atoms with van der Waals surface area (Å²) in [5.74, 6) is 1.45. The molecule has 4 bridgehead atoms. The third kappa shape index (κ3) is 5.90. The summed E-state index contributed by atoms with van der Waals surface area (Å²) in [6.45, 7) is 1.12. The highest BCUT2D eigenvalue weighted by Crippen LogP contribution is 2.59. The second-order valence-corrected chi connectivity index (χ2v) is 11.5. The molecule has 9 nitrogen and oxygen atoms in total. The molecule has 1 atom stereocenters. The number of hydrogen-bond donors (Lipinski definition) is 6. The fraction of sp³-hybridized carbons (Fsp3) is 0.483. The predicted octanol–water partition coefficient (Wildman–Crippen LogP) is 2.66. The molecule has 0 aromatic heterocycles. The number of nitrogens with two attached hydrogens (primary N) is 1. The van der Waals surface area contributed by atoms with Gasteiger partial charge in [-0.2, -0.15) is 0 Å². The lowest BCUT2D eigenvalue weighted by atomic mass is 9.49. The van der Waals surface area contributed by atoms with E-state index in [0.29, 0.717) is 17.5 Å². The van der Waals surface area contributed by atoms with Gasteiger partial charge in [0.05, 0.1) is 6.54 Å². The van der Waals surface area contributed by atoms with Crippen LogP contribution in [0.25, 0.3) is 11.1 Å². The van der Waals surface area contributed by atoms with Crippen molar-refractivity contribution in [2.24, 2.45) is 28.9 Å². The lowest BCUT2D eigenvalue weighted by molar-refractivity contribution is -0.130. The van der Waals surface area contributed by atoms with Gasteiger partial charge in [0.1, 0.15) is 6.04 Å². The quantitative estimate of drug-likeness (QED) is 0.210. The molecule has 4 aliphatic carbocycles. The van der Waals surface area contributed by atoms with E-state index < -0.39 is 17.9 Å².